The van der Waals surface area contributed by atoms with Gasteiger partial charge in [0.1, 0.15) is 0 Å². The second-order valence-electron chi connectivity index (χ2n) is 4.07. The minimum atomic E-state index is -0.461. The molecule has 0 bridgehead atoms. The summed E-state index contributed by atoms with van der Waals surface area (Å²) in [6.07, 6.45) is 2.02. The van der Waals surface area contributed by atoms with Gasteiger partial charge in [0.05, 0.1) is 6.10 Å². The number of hydrogen-bond donors (Lipinski definition) is 2. The second-order valence-corrected chi connectivity index (χ2v) is 4.07. The summed E-state index contributed by atoms with van der Waals surface area (Å²) in [5, 5.41) is 18.3. The highest BCUT2D eigenvalue weighted by molar-refractivity contribution is 5.04. The summed E-state index contributed by atoms with van der Waals surface area (Å²) >= 11 is 0. The highest BCUT2D eigenvalue weighted by Gasteiger charge is 2.24. The minimum Gasteiger partial charge on any atom is -0.396 e. The van der Waals surface area contributed by atoms with Gasteiger partial charge in [-0.2, -0.15) is 0 Å². The third-order valence-electron chi connectivity index (χ3n) is 1.92. The molecule has 2 heteroatoms. The molecule has 0 aliphatic rings. The number of allylic oxidation sites excluding steroid dienone is 1. The molecule has 72 valence electrons. The van der Waals surface area contributed by atoms with Crippen molar-refractivity contribution in [2.24, 2.45) is 5.41 Å². The Morgan fingerprint density at radius 2 is 1.92 bits per heavy atom. The normalized spacial score (nSPS) is 14.2. The molecular weight excluding hydrogens is 152 g/mol. The zero-order valence-electron chi connectivity index (χ0n) is 8.46. The third kappa shape index (κ3) is 3.88. The molecule has 0 amide bonds. The van der Waals surface area contributed by atoms with E-state index in [-0.39, 0.29) is 12.0 Å². The Balaban J connectivity index is 4.28. The van der Waals surface area contributed by atoms with Crippen molar-refractivity contribution < 1.29 is 10.2 Å². The summed E-state index contributed by atoms with van der Waals surface area (Å²) in [6.45, 7) is 8.00. The Labute approximate surface area is 74.9 Å². The van der Waals surface area contributed by atoms with E-state index in [1.807, 2.05) is 33.8 Å². The molecule has 0 saturated heterocycles. The summed E-state index contributed by atoms with van der Waals surface area (Å²) in [4.78, 5) is 0. The molecule has 0 heterocycles. The molecule has 0 spiro atoms. The molecule has 0 fully saturated rings. The predicted octanol–water partition coefficient (Wildman–Crippen LogP) is 1.72. The van der Waals surface area contributed by atoms with Crippen LogP contribution in [-0.4, -0.2) is 22.9 Å². The molecule has 0 radical (unpaired) electrons. The van der Waals surface area contributed by atoms with Gasteiger partial charge < -0.3 is 10.2 Å². The van der Waals surface area contributed by atoms with Crippen molar-refractivity contribution in [3.63, 3.8) is 0 Å². The summed E-state index contributed by atoms with van der Waals surface area (Å²) in [7, 11) is 0. The van der Waals surface area contributed by atoms with E-state index < -0.39 is 6.10 Å². The first-order valence-electron chi connectivity index (χ1n) is 4.35. The lowest BCUT2D eigenvalue weighted by Gasteiger charge is -2.27. The van der Waals surface area contributed by atoms with Gasteiger partial charge in [-0.05, 0) is 20.3 Å². The highest BCUT2D eigenvalue weighted by Crippen LogP contribution is 2.25. The zero-order valence-corrected chi connectivity index (χ0v) is 8.46. The Morgan fingerprint density at radius 3 is 2.25 bits per heavy atom. The van der Waals surface area contributed by atoms with Gasteiger partial charge in [-0.25, -0.2) is 0 Å². The van der Waals surface area contributed by atoms with Crippen LogP contribution in [0.15, 0.2) is 11.6 Å². The van der Waals surface area contributed by atoms with Crippen LogP contribution in [0.2, 0.25) is 0 Å². The Bertz CT molecular complexity index is 155. The molecule has 0 aromatic rings. The molecule has 1 unspecified atom stereocenters. The average molecular weight is 172 g/mol. The van der Waals surface area contributed by atoms with Crippen molar-refractivity contribution in [1.82, 2.24) is 0 Å². The van der Waals surface area contributed by atoms with Gasteiger partial charge in [0, 0.05) is 12.0 Å². The van der Waals surface area contributed by atoms with E-state index in [0.29, 0.717) is 6.42 Å². The maximum atomic E-state index is 9.62. The highest BCUT2D eigenvalue weighted by atomic mass is 16.3. The van der Waals surface area contributed by atoms with Crippen LogP contribution in [0.1, 0.15) is 34.1 Å². The lowest BCUT2D eigenvalue weighted by Crippen LogP contribution is -2.28. The van der Waals surface area contributed by atoms with Crippen LogP contribution < -0.4 is 0 Å². The molecule has 1 atom stereocenters. The maximum absolute atomic E-state index is 9.62. The predicted molar refractivity (Wildman–Crippen MR) is 50.9 cm³/mol. The fraction of sp³-hybridized carbons (Fsp3) is 0.800. The first-order valence-corrected chi connectivity index (χ1v) is 4.35. The van der Waals surface area contributed by atoms with Gasteiger partial charge in [-0.1, -0.05) is 25.5 Å². The quantitative estimate of drug-likeness (QED) is 0.634. The summed E-state index contributed by atoms with van der Waals surface area (Å²) in [5.74, 6) is 0. The van der Waals surface area contributed by atoms with Gasteiger partial charge >= 0.3 is 0 Å². The van der Waals surface area contributed by atoms with Gasteiger partial charge in [-0.3, -0.25) is 0 Å². The van der Waals surface area contributed by atoms with E-state index in [9.17, 15) is 5.11 Å². The molecule has 12 heavy (non-hydrogen) atoms. The second kappa shape index (κ2) is 4.63. The van der Waals surface area contributed by atoms with Crippen molar-refractivity contribution in [1.29, 1.82) is 0 Å². The number of aliphatic hydroxyl groups excluding tert-OH is 2. The number of aliphatic hydroxyl groups is 2. The van der Waals surface area contributed by atoms with Crippen LogP contribution in [0.5, 0.6) is 0 Å². The van der Waals surface area contributed by atoms with Gasteiger partial charge in [0.2, 0.25) is 0 Å². The van der Waals surface area contributed by atoms with E-state index in [1.54, 1.807) is 0 Å². The topological polar surface area (TPSA) is 40.5 Å². The van der Waals surface area contributed by atoms with E-state index in [4.69, 9.17) is 5.11 Å². The molecule has 0 aromatic heterocycles. The van der Waals surface area contributed by atoms with Crippen molar-refractivity contribution >= 4 is 0 Å². The van der Waals surface area contributed by atoms with Gasteiger partial charge in [0.25, 0.3) is 0 Å². The van der Waals surface area contributed by atoms with Crippen LogP contribution in [-0.2, 0) is 0 Å². The van der Waals surface area contributed by atoms with E-state index >= 15 is 0 Å². The molecule has 0 aliphatic heterocycles. The summed E-state index contributed by atoms with van der Waals surface area (Å²) in [5.41, 5.74) is 0.957. The van der Waals surface area contributed by atoms with Crippen molar-refractivity contribution in [3.8, 4) is 0 Å². The third-order valence-corrected chi connectivity index (χ3v) is 1.92. The van der Waals surface area contributed by atoms with Gasteiger partial charge in [0.15, 0.2) is 0 Å². The fourth-order valence-electron chi connectivity index (χ4n) is 1.33. The molecule has 0 aromatic carbocycles. The lowest BCUT2D eigenvalue weighted by molar-refractivity contribution is 0.0562. The van der Waals surface area contributed by atoms with Crippen LogP contribution in [0.3, 0.4) is 0 Å². The summed E-state index contributed by atoms with van der Waals surface area (Å²) in [6, 6.07) is 0. The average Bonchev–Trinajstić information content (AvgIpc) is 1.85. The molecule has 2 N–H and O–H groups in total. The van der Waals surface area contributed by atoms with E-state index in [1.165, 1.54) is 5.57 Å². The van der Waals surface area contributed by atoms with Crippen LogP contribution in [0.4, 0.5) is 0 Å². The Morgan fingerprint density at radius 1 is 1.42 bits per heavy atom. The molecule has 0 saturated carbocycles. The number of rotatable bonds is 4. The maximum Gasteiger partial charge on any atom is 0.0647 e. The van der Waals surface area contributed by atoms with E-state index in [0.717, 1.165) is 0 Å². The molecule has 2 nitrogen and oxygen atoms in total. The standard InChI is InChI=1S/C10H20O2/c1-8(2)7-10(3,4)9(12)5-6-11/h7,9,11-12H,5-6H2,1-4H3. The monoisotopic (exact) mass is 172 g/mol. The molecule has 0 aliphatic carbocycles. The number of hydrogen-bond acceptors (Lipinski definition) is 2. The first kappa shape index (κ1) is 11.7. The van der Waals surface area contributed by atoms with Crippen molar-refractivity contribution in [2.45, 2.75) is 40.2 Å². The molecular formula is C10H20O2. The van der Waals surface area contributed by atoms with Crippen LogP contribution >= 0.6 is 0 Å². The van der Waals surface area contributed by atoms with Crippen LogP contribution in [0.25, 0.3) is 0 Å². The zero-order chi connectivity index (χ0) is 9.78. The Hall–Kier alpha value is -0.340. The lowest BCUT2D eigenvalue weighted by atomic mass is 9.83. The molecule has 0 rings (SSSR count). The van der Waals surface area contributed by atoms with Crippen molar-refractivity contribution in [3.05, 3.63) is 11.6 Å². The minimum absolute atomic E-state index is 0.0429. The first-order chi connectivity index (χ1) is 5.40. The van der Waals surface area contributed by atoms with Crippen LogP contribution in [0, 0.1) is 5.41 Å². The SMILES string of the molecule is CC(C)=CC(C)(C)C(O)CCO. The van der Waals surface area contributed by atoms with Gasteiger partial charge in [-0.15, -0.1) is 0 Å². The summed E-state index contributed by atoms with van der Waals surface area (Å²) < 4.78 is 0. The fourth-order valence-corrected chi connectivity index (χ4v) is 1.33. The van der Waals surface area contributed by atoms with Crippen molar-refractivity contribution in [2.75, 3.05) is 6.61 Å². The smallest absolute Gasteiger partial charge is 0.0647 e. The Kier molecular flexibility index (Phi) is 4.50. The van der Waals surface area contributed by atoms with E-state index in [2.05, 4.69) is 0 Å². The largest absolute Gasteiger partial charge is 0.396 e.